The SMILES string of the molecule is COc1ccc(Cc2noc([C@H](N)C(C)(C)C)n2)cn1. The van der Waals surface area contributed by atoms with Crippen molar-refractivity contribution in [2.75, 3.05) is 7.11 Å². The van der Waals surface area contributed by atoms with Crippen LogP contribution in [0.25, 0.3) is 0 Å². The Bertz CT molecular complexity index is 557. The number of hydrogen-bond donors (Lipinski definition) is 1. The van der Waals surface area contributed by atoms with Crippen LogP contribution < -0.4 is 10.5 Å². The lowest BCUT2D eigenvalue weighted by atomic mass is 9.87. The number of nitrogens with zero attached hydrogens (tertiary/aromatic N) is 3. The molecule has 0 amide bonds. The molecule has 2 heterocycles. The zero-order valence-corrected chi connectivity index (χ0v) is 12.3. The van der Waals surface area contributed by atoms with Crippen molar-refractivity contribution in [2.24, 2.45) is 11.1 Å². The molecule has 108 valence electrons. The van der Waals surface area contributed by atoms with E-state index < -0.39 is 0 Å². The number of nitrogens with two attached hydrogens (primary N) is 1. The molecule has 0 bridgehead atoms. The average Bonchev–Trinajstić information content (AvgIpc) is 2.86. The fourth-order valence-electron chi connectivity index (χ4n) is 1.65. The highest BCUT2D eigenvalue weighted by Gasteiger charge is 2.27. The normalized spacial score (nSPS) is 13.2. The first-order valence-electron chi connectivity index (χ1n) is 6.47. The quantitative estimate of drug-likeness (QED) is 0.920. The smallest absolute Gasteiger partial charge is 0.244 e. The van der Waals surface area contributed by atoms with Gasteiger partial charge in [-0.3, -0.25) is 0 Å². The maximum Gasteiger partial charge on any atom is 0.244 e. The average molecular weight is 276 g/mol. The van der Waals surface area contributed by atoms with Crippen LogP contribution in [-0.4, -0.2) is 22.2 Å². The van der Waals surface area contributed by atoms with Crippen LogP contribution in [0.1, 0.15) is 44.1 Å². The van der Waals surface area contributed by atoms with Gasteiger partial charge in [0.25, 0.3) is 0 Å². The molecule has 6 nitrogen and oxygen atoms in total. The van der Waals surface area contributed by atoms with Crippen molar-refractivity contribution in [1.82, 2.24) is 15.1 Å². The van der Waals surface area contributed by atoms with Gasteiger partial charge in [-0.05, 0) is 11.0 Å². The van der Waals surface area contributed by atoms with Crippen LogP contribution in [0.15, 0.2) is 22.9 Å². The molecule has 1 atom stereocenters. The molecule has 0 saturated heterocycles. The van der Waals surface area contributed by atoms with E-state index in [1.54, 1.807) is 19.4 Å². The summed E-state index contributed by atoms with van der Waals surface area (Å²) >= 11 is 0. The Morgan fingerprint density at radius 2 is 2.10 bits per heavy atom. The Morgan fingerprint density at radius 3 is 2.65 bits per heavy atom. The van der Waals surface area contributed by atoms with E-state index in [0.717, 1.165) is 5.56 Å². The summed E-state index contributed by atoms with van der Waals surface area (Å²) in [7, 11) is 1.58. The predicted octanol–water partition coefficient (Wildman–Crippen LogP) is 2.11. The van der Waals surface area contributed by atoms with E-state index in [9.17, 15) is 0 Å². The summed E-state index contributed by atoms with van der Waals surface area (Å²) < 4.78 is 10.3. The Kier molecular flexibility index (Phi) is 4.04. The molecule has 0 spiro atoms. The topological polar surface area (TPSA) is 87.1 Å². The highest BCUT2D eigenvalue weighted by atomic mass is 16.5. The minimum atomic E-state index is -0.280. The second kappa shape index (κ2) is 5.58. The number of hydrogen-bond acceptors (Lipinski definition) is 6. The van der Waals surface area contributed by atoms with Gasteiger partial charge in [0.2, 0.25) is 11.8 Å². The minimum Gasteiger partial charge on any atom is -0.481 e. The first kappa shape index (κ1) is 14.5. The molecule has 0 radical (unpaired) electrons. The molecule has 0 unspecified atom stereocenters. The molecule has 0 aliphatic rings. The predicted molar refractivity (Wildman–Crippen MR) is 74.3 cm³/mol. The second-order valence-corrected chi connectivity index (χ2v) is 5.78. The summed E-state index contributed by atoms with van der Waals surface area (Å²) in [5, 5.41) is 3.96. The molecule has 2 N–H and O–H groups in total. The fourth-order valence-corrected chi connectivity index (χ4v) is 1.65. The van der Waals surface area contributed by atoms with Crippen LogP contribution in [0.5, 0.6) is 5.88 Å². The lowest BCUT2D eigenvalue weighted by Gasteiger charge is -2.23. The molecular weight excluding hydrogens is 256 g/mol. The van der Waals surface area contributed by atoms with Gasteiger partial charge in [0.05, 0.1) is 13.2 Å². The molecular formula is C14H20N4O2. The van der Waals surface area contributed by atoms with Crippen LogP contribution in [0, 0.1) is 5.41 Å². The number of pyridine rings is 1. The summed E-state index contributed by atoms with van der Waals surface area (Å²) in [6, 6.07) is 3.45. The largest absolute Gasteiger partial charge is 0.481 e. The van der Waals surface area contributed by atoms with Crippen molar-refractivity contribution in [2.45, 2.75) is 33.2 Å². The summed E-state index contributed by atoms with van der Waals surface area (Å²) in [5.74, 6) is 1.65. The van der Waals surface area contributed by atoms with Crippen LogP contribution >= 0.6 is 0 Å². The van der Waals surface area contributed by atoms with E-state index in [0.29, 0.717) is 24.0 Å². The number of rotatable bonds is 4. The lowest BCUT2D eigenvalue weighted by Crippen LogP contribution is -2.26. The maximum atomic E-state index is 6.09. The summed E-state index contributed by atoms with van der Waals surface area (Å²) in [5.41, 5.74) is 6.96. The number of ether oxygens (including phenoxy) is 1. The van der Waals surface area contributed by atoms with Crippen LogP contribution in [0.4, 0.5) is 0 Å². The van der Waals surface area contributed by atoms with Gasteiger partial charge in [-0.1, -0.05) is 32.0 Å². The fraction of sp³-hybridized carbons (Fsp3) is 0.500. The van der Waals surface area contributed by atoms with E-state index in [-0.39, 0.29) is 11.5 Å². The van der Waals surface area contributed by atoms with Crippen molar-refractivity contribution < 1.29 is 9.26 Å². The summed E-state index contributed by atoms with van der Waals surface area (Å²) in [4.78, 5) is 8.49. The van der Waals surface area contributed by atoms with E-state index in [1.807, 2.05) is 26.8 Å². The molecule has 2 aromatic rings. The van der Waals surface area contributed by atoms with Crippen molar-refractivity contribution in [3.8, 4) is 5.88 Å². The lowest BCUT2D eigenvalue weighted by molar-refractivity contribution is 0.252. The van der Waals surface area contributed by atoms with Crippen LogP contribution in [-0.2, 0) is 6.42 Å². The van der Waals surface area contributed by atoms with Crippen LogP contribution in [0.3, 0.4) is 0 Å². The van der Waals surface area contributed by atoms with E-state index in [2.05, 4.69) is 15.1 Å². The van der Waals surface area contributed by atoms with E-state index in [4.69, 9.17) is 15.0 Å². The number of aromatic nitrogens is 3. The van der Waals surface area contributed by atoms with E-state index >= 15 is 0 Å². The zero-order chi connectivity index (χ0) is 14.8. The van der Waals surface area contributed by atoms with Crippen molar-refractivity contribution in [1.29, 1.82) is 0 Å². The second-order valence-electron chi connectivity index (χ2n) is 5.78. The van der Waals surface area contributed by atoms with Gasteiger partial charge in [0, 0.05) is 18.7 Å². The van der Waals surface area contributed by atoms with Gasteiger partial charge >= 0.3 is 0 Å². The van der Waals surface area contributed by atoms with Gasteiger partial charge in [0.1, 0.15) is 0 Å². The maximum absolute atomic E-state index is 6.09. The number of methoxy groups -OCH3 is 1. The summed E-state index contributed by atoms with van der Waals surface area (Å²) in [6.07, 6.45) is 2.29. The third-order valence-electron chi connectivity index (χ3n) is 3.05. The molecule has 20 heavy (non-hydrogen) atoms. The molecule has 0 fully saturated rings. The van der Waals surface area contributed by atoms with Gasteiger partial charge in [0.15, 0.2) is 5.82 Å². The highest BCUT2D eigenvalue weighted by molar-refractivity contribution is 5.20. The first-order valence-corrected chi connectivity index (χ1v) is 6.47. The monoisotopic (exact) mass is 276 g/mol. The zero-order valence-electron chi connectivity index (χ0n) is 12.3. The van der Waals surface area contributed by atoms with Crippen molar-refractivity contribution >= 4 is 0 Å². The van der Waals surface area contributed by atoms with Gasteiger partial charge in [-0.25, -0.2) is 4.98 Å². The molecule has 0 saturated carbocycles. The molecule has 2 aromatic heterocycles. The van der Waals surface area contributed by atoms with Crippen molar-refractivity contribution in [3.05, 3.63) is 35.6 Å². The Labute approximate surface area is 118 Å². The standard InChI is InChI=1S/C14H20N4O2/c1-14(2,3)12(15)13-17-10(18-20-13)7-9-5-6-11(19-4)16-8-9/h5-6,8,12H,7,15H2,1-4H3/t12-/m0/s1. The Morgan fingerprint density at radius 1 is 1.35 bits per heavy atom. The van der Waals surface area contributed by atoms with Gasteiger partial charge in [-0.15, -0.1) is 0 Å². The Hall–Kier alpha value is -1.95. The molecule has 0 aromatic carbocycles. The van der Waals surface area contributed by atoms with Gasteiger partial charge < -0.3 is 15.0 Å². The first-order chi connectivity index (χ1) is 9.40. The Balaban J connectivity index is 2.09. The van der Waals surface area contributed by atoms with Crippen molar-refractivity contribution in [3.63, 3.8) is 0 Å². The molecule has 0 aliphatic heterocycles. The third-order valence-corrected chi connectivity index (χ3v) is 3.05. The molecule has 0 aliphatic carbocycles. The summed E-state index contributed by atoms with van der Waals surface area (Å²) in [6.45, 7) is 6.11. The molecule has 6 heteroatoms. The van der Waals surface area contributed by atoms with Gasteiger partial charge in [-0.2, -0.15) is 4.98 Å². The molecule has 2 rings (SSSR count). The minimum absolute atomic E-state index is 0.120. The third kappa shape index (κ3) is 3.33. The highest BCUT2D eigenvalue weighted by Crippen LogP contribution is 2.29. The van der Waals surface area contributed by atoms with Crippen LogP contribution in [0.2, 0.25) is 0 Å². The van der Waals surface area contributed by atoms with E-state index in [1.165, 1.54) is 0 Å².